The quantitative estimate of drug-likeness (QED) is 0.644. The first kappa shape index (κ1) is 17.8. The molecule has 28 heavy (non-hydrogen) atoms. The Morgan fingerprint density at radius 2 is 1.93 bits per heavy atom. The first-order valence-corrected chi connectivity index (χ1v) is 9.02. The average molecular weight is 376 g/mol. The van der Waals surface area contributed by atoms with Crippen LogP contribution in [0.5, 0.6) is 5.75 Å². The molecule has 1 aliphatic rings. The Balaban J connectivity index is 1.78. The number of benzene rings is 2. The summed E-state index contributed by atoms with van der Waals surface area (Å²) in [7, 11) is 1.63. The Labute approximate surface area is 162 Å². The fourth-order valence-electron chi connectivity index (χ4n) is 3.25. The highest BCUT2D eigenvalue weighted by molar-refractivity contribution is 5.99. The summed E-state index contributed by atoms with van der Waals surface area (Å²) < 4.78 is 6.85. The summed E-state index contributed by atoms with van der Waals surface area (Å²) in [6, 6.07) is 17.2. The van der Waals surface area contributed by atoms with Crippen LogP contribution in [0.2, 0.25) is 0 Å². The van der Waals surface area contributed by atoms with Gasteiger partial charge >= 0.3 is 5.96 Å². The molecule has 0 spiro atoms. The smallest absolute Gasteiger partial charge is 0.357 e. The lowest BCUT2D eigenvalue weighted by Crippen LogP contribution is -2.82. The number of nitrogens with one attached hydrogen (secondary N) is 3. The minimum absolute atomic E-state index is 0.127. The summed E-state index contributed by atoms with van der Waals surface area (Å²) in [6.07, 6.45) is -0.407. The first-order valence-electron chi connectivity index (χ1n) is 9.02. The molecular weight excluding hydrogens is 354 g/mol. The second-order valence-corrected chi connectivity index (χ2v) is 6.74. The van der Waals surface area contributed by atoms with Gasteiger partial charge in [0.25, 0.3) is 11.5 Å². The number of anilines is 2. The topological polar surface area (TPSA) is 82.2 Å². The predicted molar refractivity (Wildman–Crippen MR) is 109 cm³/mol. The van der Waals surface area contributed by atoms with Crippen molar-refractivity contribution in [3.05, 3.63) is 81.8 Å². The summed E-state index contributed by atoms with van der Waals surface area (Å²) in [4.78, 5) is 20.6. The van der Waals surface area contributed by atoms with Gasteiger partial charge in [0, 0.05) is 17.3 Å². The highest BCUT2D eigenvalue weighted by Gasteiger charge is 2.29. The van der Waals surface area contributed by atoms with Crippen LogP contribution in [0.3, 0.4) is 0 Å². The Kier molecular flexibility index (Phi) is 4.57. The van der Waals surface area contributed by atoms with Crippen molar-refractivity contribution >= 4 is 17.6 Å². The zero-order chi connectivity index (χ0) is 19.7. The van der Waals surface area contributed by atoms with Gasteiger partial charge in [-0.05, 0) is 55.8 Å². The fourth-order valence-corrected chi connectivity index (χ4v) is 3.25. The molecule has 0 saturated heterocycles. The highest BCUT2D eigenvalue weighted by Crippen LogP contribution is 2.20. The molecule has 142 valence electrons. The summed E-state index contributed by atoms with van der Waals surface area (Å²) in [6.45, 7) is 3.85. The third kappa shape index (κ3) is 3.46. The van der Waals surface area contributed by atoms with Crippen LogP contribution in [0.1, 0.15) is 23.0 Å². The molecule has 1 aromatic heterocycles. The van der Waals surface area contributed by atoms with E-state index in [1.807, 2.05) is 62.4 Å². The van der Waals surface area contributed by atoms with Crippen LogP contribution in [0.15, 0.2) is 59.4 Å². The lowest BCUT2D eigenvalue weighted by molar-refractivity contribution is -0.520. The SMILES string of the molecule is COc1ccc(C2[NH+]=C(Nc3cccc(C)c3)Nc3nc(C)cc(=O)n32)cc1. The van der Waals surface area contributed by atoms with Crippen molar-refractivity contribution in [3.8, 4) is 5.75 Å². The van der Waals surface area contributed by atoms with Gasteiger partial charge < -0.3 is 4.74 Å². The highest BCUT2D eigenvalue weighted by atomic mass is 16.5. The van der Waals surface area contributed by atoms with E-state index in [-0.39, 0.29) is 5.56 Å². The van der Waals surface area contributed by atoms with E-state index in [1.165, 1.54) is 6.07 Å². The molecule has 4 rings (SSSR count). The van der Waals surface area contributed by atoms with Crippen LogP contribution in [0.4, 0.5) is 11.6 Å². The molecule has 1 aliphatic heterocycles. The Morgan fingerprint density at radius 3 is 2.64 bits per heavy atom. The van der Waals surface area contributed by atoms with Gasteiger partial charge in [0.15, 0.2) is 6.17 Å². The largest absolute Gasteiger partial charge is 0.497 e. The number of nitrogens with zero attached hydrogens (tertiary/aromatic N) is 2. The van der Waals surface area contributed by atoms with E-state index in [9.17, 15) is 4.79 Å². The van der Waals surface area contributed by atoms with Gasteiger partial charge in [-0.3, -0.25) is 9.79 Å². The summed E-state index contributed by atoms with van der Waals surface area (Å²) in [5.41, 5.74) is 3.54. The van der Waals surface area contributed by atoms with Crippen molar-refractivity contribution in [2.24, 2.45) is 0 Å². The van der Waals surface area contributed by atoms with Crippen molar-refractivity contribution in [3.63, 3.8) is 0 Å². The monoisotopic (exact) mass is 376 g/mol. The van der Waals surface area contributed by atoms with Crippen molar-refractivity contribution in [2.45, 2.75) is 20.0 Å². The molecule has 0 saturated carbocycles. The Morgan fingerprint density at radius 1 is 1.14 bits per heavy atom. The number of aromatic nitrogens is 2. The molecule has 0 amide bonds. The van der Waals surface area contributed by atoms with Gasteiger partial charge in [0.2, 0.25) is 0 Å². The van der Waals surface area contributed by atoms with Crippen LogP contribution in [-0.2, 0) is 0 Å². The van der Waals surface area contributed by atoms with E-state index >= 15 is 0 Å². The number of guanidine groups is 1. The Bertz CT molecular complexity index is 1100. The average Bonchev–Trinajstić information content (AvgIpc) is 2.67. The van der Waals surface area contributed by atoms with E-state index in [4.69, 9.17) is 4.74 Å². The minimum atomic E-state index is -0.407. The molecule has 7 nitrogen and oxygen atoms in total. The molecule has 1 unspecified atom stereocenters. The summed E-state index contributed by atoms with van der Waals surface area (Å²) in [5.74, 6) is 1.90. The summed E-state index contributed by atoms with van der Waals surface area (Å²) in [5, 5.41) is 6.53. The van der Waals surface area contributed by atoms with E-state index in [2.05, 4.69) is 20.6 Å². The first-order chi connectivity index (χ1) is 13.5. The molecule has 3 aromatic rings. The Hall–Kier alpha value is -3.61. The third-order valence-corrected chi connectivity index (χ3v) is 4.58. The minimum Gasteiger partial charge on any atom is -0.497 e. The van der Waals surface area contributed by atoms with Gasteiger partial charge in [0.1, 0.15) is 5.75 Å². The van der Waals surface area contributed by atoms with E-state index < -0.39 is 6.17 Å². The number of rotatable bonds is 3. The maximum Gasteiger partial charge on any atom is 0.357 e. The van der Waals surface area contributed by atoms with Gasteiger partial charge in [-0.25, -0.2) is 20.2 Å². The number of hydrogen-bond donors (Lipinski definition) is 3. The predicted octanol–water partition coefficient (Wildman–Crippen LogP) is 1.39. The van der Waals surface area contributed by atoms with Crippen molar-refractivity contribution in [1.82, 2.24) is 9.55 Å². The van der Waals surface area contributed by atoms with Crippen LogP contribution in [0.25, 0.3) is 0 Å². The molecule has 0 radical (unpaired) electrons. The van der Waals surface area contributed by atoms with Crippen LogP contribution < -0.4 is 25.9 Å². The number of fused-ring (bicyclic) bond motifs is 1. The normalized spacial score (nSPS) is 15.2. The van der Waals surface area contributed by atoms with E-state index in [0.29, 0.717) is 17.6 Å². The molecule has 2 aromatic carbocycles. The molecule has 0 fully saturated rings. The number of aryl methyl sites for hydroxylation is 2. The maximum absolute atomic E-state index is 12.7. The van der Waals surface area contributed by atoms with E-state index in [0.717, 1.165) is 22.6 Å². The van der Waals surface area contributed by atoms with Crippen LogP contribution in [0, 0.1) is 13.8 Å². The molecule has 0 bridgehead atoms. The standard InChI is InChI=1S/C21H21N5O2/c1-13-5-4-6-16(11-13)23-20-24-19(15-7-9-17(28-3)10-8-15)26-18(27)12-14(2)22-21(26)25-20/h4-12,19H,1-3H3,(H2,22,23,24,25)/p+1. The molecular formula is C21H22N5O2+. The second-order valence-electron chi connectivity index (χ2n) is 6.74. The van der Waals surface area contributed by atoms with E-state index in [1.54, 1.807) is 11.7 Å². The molecule has 0 aliphatic carbocycles. The fraction of sp³-hybridized carbons (Fsp3) is 0.190. The van der Waals surface area contributed by atoms with Crippen molar-refractivity contribution in [1.29, 1.82) is 0 Å². The molecule has 7 heteroatoms. The molecule has 2 heterocycles. The lowest BCUT2D eigenvalue weighted by Gasteiger charge is -2.23. The van der Waals surface area contributed by atoms with Crippen LogP contribution in [-0.4, -0.2) is 22.6 Å². The maximum atomic E-state index is 12.7. The molecule has 3 N–H and O–H groups in total. The zero-order valence-electron chi connectivity index (χ0n) is 16.0. The van der Waals surface area contributed by atoms with Gasteiger partial charge in [-0.15, -0.1) is 0 Å². The van der Waals surface area contributed by atoms with Gasteiger partial charge in [-0.2, -0.15) is 0 Å². The summed E-state index contributed by atoms with van der Waals surface area (Å²) >= 11 is 0. The van der Waals surface area contributed by atoms with Gasteiger partial charge in [-0.1, -0.05) is 12.1 Å². The molecule has 1 atom stereocenters. The van der Waals surface area contributed by atoms with Gasteiger partial charge in [0.05, 0.1) is 12.8 Å². The third-order valence-electron chi connectivity index (χ3n) is 4.58. The lowest BCUT2D eigenvalue weighted by atomic mass is 10.1. The number of hydrogen-bond acceptors (Lipinski definition) is 5. The number of ether oxygens (including phenoxy) is 1. The van der Waals surface area contributed by atoms with Crippen LogP contribution >= 0.6 is 0 Å². The zero-order valence-corrected chi connectivity index (χ0v) is 16.0. The van der Waals surface area contributed by atoms with Crippen molar-refractivity contribution in [2.75, 3.05) is 17.7 Å². The second kappa shape index (κ2) is 7.19. The van der Waals surface area contributed by atoms with Crippen molar-refractivity contribution < 1.29 is 9.73 Å². The number of methoxy groups -OCH3 is 1.